The third-order valence-corrected chi connectivity index (χ3v) is 7.37. The van der Waals surface area contributed by atoms with Crippen LogP contribution in [-0.4, -0.2) is 54.0 Å². The summed E-state index contributed by atoms with van der Waals surface area (Å²) in [5.41, 5.74) is 4.00. The monoisotopic (exact) mass is 542 g/mol. The average Bonchev–Trinajstić information content (AvgIpc) is 2.89. The molecule has 2 N–H and O–H groups in total. The lowest BCUT2D eigenvalue weighted by atomic mass is 10.1. The molecule has 0 aromatic heterocycles. The molecule has 0 aliphatic carbocycles. The fraction of sp³-hybridized carbons (Fsp3) is 0.370. The minimum absolute atomic E-state index is 0.0476. The molecule has 1 heterocycles. The third-order valence-electron chi connectivity index (χ3n) is 5.78. The molecular weight excluding hydrogens is 508 g/mol. The maximum absolute atomic E-state index is 13.4. The Bertz CT molecular complexity index is 1220. The second kappa shape index (κ2) is 13.7. The van der Waals surface area contributed by atoms with Gasteiger partial charge >= 0.3 is 6.03 Å². The average molecular weight is 543 g/mol. The normalized spacial score (nSPS) is 15.8. The number of sulfonamides is 1. The van der Waals surface area contributed by atoms with Gasteiger partial charge in [-0.3, -0.25) is 14.4 Å². The number of amides is 4. The summed E-state index contributed by atoms with van der Waals surface area (Å²) in [7, 11) is -4.19. The molecule has 1 aliphatic heterocycles. The van der Waals surface area contributed by atoms with E-state index >= 15 is 0 Å². The van der Waals surface area contributed by atoms with Gasteiger partial charge in [-0.15, -0.1) is 4.41 Å². The molecule has 3 rings (SSSR count). The van der Waals surface area contributed by atoms with E-state index in [1.807, 2.05) is 74.5 Å². The number of carbonyl (C=O) groups excluding carboxylic acids is 3. The van der Waals surface area contributed by atoms with Gasteiger partial charge in [-0.2, -0.15) is 0 Å². The number of hydrogen-bond donors (Lipinski definition) is 2. The number of hydrogen-bond acceptors (Lipinski definition) is 6. The standard InChI is InChI=1S/C27H34N4O6S/c1-21(2)16-17-25(32)30(31-27(34)28-18-19-38(31,35)36)24(15-9-14-22-10-5-3-6-11-22)26(33)29-37-20-23-12-7-4-8-13-23/h3-14,21,24H,15-20H2,1-2H3,(H,28,34)(H,29,33)/t24-/m0/s1. The van der Waals surface area contributed by atoms with Gasteiger partial charge in [-0.1, -0.05) is 86.7 Å². The van der Waals surface area contributed by atoms with E-state index in [1.54, 1.807) is 12.2 Å². The molecule has 0 spiro atoms. The summed E-state index contributed by atoms with van der Waals surface area (Å²) in [4.78, 5) is 45.0. The quantitative estimate of drug-likeness (QED) is 0.397. The molecule has 38 heavy (non-hydrogen) atoms. The molecule has 11 heteroatoms. The van der Waals surface area contributed by atoms with E-state index < -0.39 is 39.7 Å². The van der Waals surface area contributed by atoms with Crippen molar-refractivity contribution in [1.82, 2.24) is 20.2 Å². The molecule has 1 saturated heterocycles. The number of nitrogens with one attached hydrogen (secondary N) is 2. The number of urea groups is 1. The van der Waals surface area contributed by atoms with Crippen molar-refractivity contribution in [2.24, 2.45) is 5.92 Å². The van der Waals surface area contributed by atoms with Crippen LogP contribution in [0.25, 0.3) is 6.08 Å². The van der Waals surface area contributed by atoms with Gasteiger partial charge in [-0.05, 0) is 29.9 Å². The second-order valence-electron chi connectivity index (χ2n) is 9.27. The number of carbonyl (C=O) groups is 3. The summed E-state index contributed by atoms with van der Waals surface area (Å²) in [6.07, 6.45) is 3.75. The zero-order valence-electron chi connectivity index (χ0n) is 21.6. The Morgan fingerprint density at radius 2 is 1.76 bits per heavy atom. The maximum atomic E-state index is 13.4. The first-order valence-corrected chi connectivity index (χ1v) is 14.1. The topological polar surface area (TPSA) is 125 Å². The Morgan fingerprint density at radius 1 is 1.11 bits per heavy atom. The number of benzene rings is 2. The minimum atomic E-state index is -4.19. The van der Waals surface area contributed by atoms with E-state index in [9.17, 15) is 22.8 Å². The lowest BCUT2D eigenvalue weighted by Crippen LogP contribution is -2.65. The lowest BCUT2D eigenvalue weighted by Gasteiger charge is -2.39. The highest BCUT2D eigenvalue weighted by Gasteiger charge is 2.44. The molecule has 1 atom stereocenters. The van der Waals surface area contributed by atoms with Gasteiger partial charge < -0.3 is 5.32 Å². The fourth-order valence-electron chi connectivity index (χ4n) is 3.78. The van der Waals surface area contributed by atoms with Crippen molar-refractivity contribution < 1.29 is 27.6 Å². The van der Waals surface area contributed by atoms with Crippen LogP contribution in [0.3, 0.4) is 0 Å². The summed E-state index contributed by atoms with van der Waals surface area (Å²) < 4.78 is 26.4. The summed E-state index contributed by atoms with van der Waals surface area (Å²) >= 11 is 0. The van der Waals surface area contributed by atoms with Gasteiger partial charge in [-0.25, -0.2) is 23.7 Å². The highest BCUT2D eigenvalue weighted by Crippen LogP contribution is 2.21. The smallest absolute Gasteiger partial charge is 0.335 e. The predicted molar refractivity (Wildman–Crippen MR) is 143 cm³/mol. The Balaban J connectivity index is 1.92. The van der Waals surface area contributed by atoms with E-state index in [0.717, 1.165) is 16.1 Å². The molecule has 2 aromatic rings. The maximum Gasteiger partial charge on any atom is 0.350 e. The van der Waals surface area contributed by atoms with Gasteiger partial charge in [0.25, 0.3) is 15.9 Å². The van der Waals surface area contributed by atoms with Crippen LogP contribution in [-0.2, 0) is 31.1 Å². The van der Waals surface area contributed by atoms with Crippen LogP contribution in [0.1, 0.15) is 44.2 Å². The first-order chi connectivity index (χ1) is 18.2. The molecule has 1 aliphatic rings. The molecule has 0 bridgehead atoms. The first-order valence-electron chi connectivity index (χ1n) is 12.5. The highest BCUT2D eigenvalue weighted by molar-refractivity contribution is 7.89. The molecule has 0 unspecified atom stereocenters. The zero-order valence-corrected chi connectivity index (χ0v) is 22.4. The van der Waals surface area contributed by atoms with Crippen molar-refractivity contribution in [3.8, 4) is 0 Å². The Morgan fingerprint density at radius 3 is 2.39 bits per heavy atom. The summed E-state index contributed by atoms with van der Waals surface area (Å²) in [5, 5.41) is 3.23. The molecular formula is C27H34N4O6S. The van der Waals surface area contributed by atoms with E-state index in [1.165, 1.54) is 0 Å². The number of hydrazine groups is 1. The third kappa shape index (κ3) is 8.15. The first kappa shape index (κ1) is 28.9. The number of hydroxylamine groups is 1. The van der Waals surface area contributed by atoms with Crippen molar-refractivity contribution in [1.29, 1.82) is 0 Å². The van der Waals surface area contributed by atoms with Crippen LogP contribution < -0.4 is 10.8 Å². The van der Waals surface area contributed by atoms with Crippen molar-refractivity contribution in [3.63, 3.8) is 0 Å². The van der Waals surface area contributed by atoms with Gasteiger partial charge in [0, 0.05) is 13.0 Å². The Hall–Kier alpha value is -3.70. The number of nitrogens with zero attached hydrogens (tertiary/aromatic N) is 2. The van der Waals surface area contributed by atoms with Gasteiger partial charge in [0.1, 0.15) is 6.04 Å². The van der Waals surface area contributed by atoms with E-state index in [4.69, 9.17) is 4.84 Å². The van der Waals surface area contributed by atoms with Crippen molar-refractivity contribution in [2.45, 2.75) is 45.8 Å². The van der Waals surface area contributed by atoms with Gasteiger partial charge in [0.15, 0.2) is 0 Å². The lowest BCUT2D eigenvalue weighted by molar-refractivity contribution is -0.155. The van der Waals surface area contributed by atoms with Crippen LogP contribution in [0.2, 0.25) is 0 Å². The summed E-state index contributed by atoms with van der Waals surface area (Å²) in [6, 6.07) is 16.1. The molecule has 4 amide bonds. The summed E-state index contributed by atoms with van der Waals surface area (Å²) in [5.74, 6) is -1.67. The van der Waals surface area contributed by atoms with Gasteiger partial charge in [0.2, 0.25) is 5.91 Å². The Labute approximate surface area is 223 Å². The second-order valence-corrected chi connectivity index (χ2v) is 11.2. The highest BCUT2D eigenvalue weighted by atomic mass is 32.2. The molecule has 0 saturated carbocycles. The van der Waals surface area contributed by atoms with E-state index in [-0.39, 0.29) is 31.9 Å². The predicted octanol–water partition coefficient (Wildman–Crippen LogP) is 3.24. The van der Waals surface area contributed by atoms with Crippen LogP contribution in [0.5, 0.6) is 0 Å². The SMILES string of the molecule is CC(C)CCC(=O)N([C@@H](CC=Cc1ccccc1)C(=O)NOCc1ccccc1)N1C(=O)NCCS1(=O)=O. The summed E-state index contributed by atoms with van der Waals surface area (Å²) in [6.45, 7) is 3.82. The van der Waals surface area contributed by atoms with E-state index in [0.29, 0.717) is 10.8 Å². The van der Waals surface area contributed by atoms with Crippen LogP contribution in [0.4, 0.5) is 4.79 Å². The molecule has 0 radical (unpaired) electrons. The van der Waals surface area contributed by atoms with Crippen LogP contribution in [0.15, 0.2) is 66.7 Å². The van der Waals surface area contributed by atoms with Gasteiger partial charge in [0.05, 0.1) is 12.4 Å². The van der Waals surface area contributed by atoms with Crippen molar-refractivity contribution >= 4 is 33.9 Å². The molecule has 204 valence electrons. The number of rotatable bonds is 12. The van der Waals surface area contributed by atoms with Crippen molar-refractivity contribution in [2.75, 3.05) is 12.3 Å². The molecule has 10 nitrogen and oxygen atoms in total. The van der Waals surface area contributed by atoms with Crippen LogP contribution >= 0.6 is 0 Å². The van der Waals surface area contributed by atoms with Crippen molar-refractivity contribution in [3.05, 3.63) is 77.9 Å². The van der Waals surface area contributed by atoms with Crippen LogP contribution in [0, 0.1) is 5.92 Å². The molecule has 2 aromatic carbocycles. The minimum Gasteiger partial charge on any atom is -0.335 e. The van der Waals surface area contributed by atoms with E-state index in [2.05, 4.69) is 10.8 Å². The largest absolute Gasteiger partial charge is 0.350 e. The molecule has 1 fully saturated rings. The Kier molecular flexibility index (Phi) is 10.4. The zero-order chi connectivity index (χ0) is 27.5. The fourth-order valence-corrected chi connectivity index (χ4v) is 5.10.